The molecular weight excluding hydrogens is 366 g/mol. The van der Waals surface area contributed by atoms with E-state index in [0.717, 1.165) is 32.3 Å². The molecule has 1 aliphatic heterocycles. The first-order valence-electron chi connectivity index (χ1n) is 9.29. The van der Waals surface area contributed by atoms with Gasteiger partial charge in [-0.25, -0.2) is 0 Å². The molecule has 2 rings (SSSR count). The van der Waals surface area contributed by atoms with Crippen molar-refractivity contribution in [1.82, 2.24) is 5.32 Å². The number of thiocarbonyl (C=S) groups is 1. The van der Waals surface area contributed by atoms with Gasteiger partial charge in [-0.2, -0.15) is 0 Å². The van der Waals surface area contributed by atoms with Crippen LogP contribution in [0.4, 0.5) is 11.4 Å². The summed E-state index contributed by atoms with van der Waals surface area (Å²) in [7, 11) is 3.12. The smallest absolute Gasteiger partial charge is 0.224 e. The topological polar surface area (TPSA) is 80.9 Å². The molecule has 27 heavy (non-hydrogen) atoms. The Bertz CT molecular complexity index is 648. The summed E-state index contributed by atoms with van der Waals surface area (Å²) in [5, 5.41) is 9.64. The van der Waals surface area contributed by atoms with Crippen LogP contribution in [0, 0.1) is 0 Å². The van der Waals surface area contributed by atoms with Gasteiger partial charge in [0.1, 0.15) is 11.5 Å². The third-order valence-electron chi connectivity index (χ3n) is 4.32. The number of amides is 1. The highest BCUT2D eigenvalue weighted by Gasteiger charge is 2.17. The fourth-order valence-corrected chi connectivity index (χ4v) is 3.01. The molecule has 0 aromatic heterocycles. The van der Waals surface area contributed by atoms with Crippen LogP contribution in [0.25, 0.3) is 0 Å². The maximum absolute atomic E-state index is 12.0. The van der Waals surface area contributed by atoms with Gasteiger partial charge in [-0.3, -0.25) is 4.79 Å². The molecule has 3 N–H and O–H groups in total. The van der Waals surface area contributed by atoms with Gasteiger partial charge in [-0.1, -0.05) is 13.3 Å². The monoisotopic (exact) mass is 395 g/mol. The van der Waals surface area contributed by atoms with Crippen LogP contribution in [0.3, 0.4) is 0 Å². The van der Waals surface area contributed by atoms with Crippen molar-refractivity contribution >= 4 is 34.6 Å². The van der Waals surface area contributed by atoms with Crippen LogP contribution in [0.15, 0.2) is 12.1 Å². The Hall–Kier alpha value is -2.06. The Morgan fingerprint density at radius 2 is 1.89 bits per heavy atom. The number of carbonyl (C=O) groups excluding carboxylic acids is 1. The van der Waals surface area contributed by atoms with Crippen molar-refractivity contribution in [2.45, 2.75) is 45.1 Å². The van der Waals surface area contributed by atoms with Crippen LogP contribution in [0.1, 0.15) is 39.0 Å². The molecule has 1 amide bonds. The molecule has 7 nitrogen and oxygen atoms in total. The van der Waals surface area contributed by atoms with E-state index in [4.69, 9.17) is 26.4 Å². The molecule has 150 valence electrons. The number of hydrogen-bond donors (Lipinski definition) is 3. The van der Waals surface area contributed by atoms with E-state index in [9.17, 15) is 4.79 Å². The molecule has 0 saturated carbocycles. The van der Waals surface area contributed by atoms with Gasteiger partial charge in [-0.15, -0.1) is 0 Å². The van der Waals surface area contributed by atoms with E-state index >= 15 is 0 Å². The third kappa shape index (κ3) is 6.55. The lowest BCUT2D eigenvalue weighted by Crippen LogP contribution is -2.34. The number of methoxy groups -OCH3 is 2. The highest BCUT2D eigenvalue weighted by atomic mass is 32.1. The minimum absolute atomic E-state index is 0.0494. The number of hydrogen-bond acceptors (Lipinski definition) is 5. The summed E-state index contributed by atoms with van der Waals surface area (Å²) in [6, 6.07) is 3.49. The van der Waals surface area contributed by atoms with Crippen LogP contribution in [-0.4, -0.2) is 44.5 Å². The molecule has 1 aromatic rings. The fraction of sp³-hybridized carbons (Fsp3) is 0.579. The van der Waals surface area contributed by atoms with Crippen LogP contribution in [-0.2, 0) is 9.53 Å². The Balaban J connectivity index is 2.04. The average Bonchev–Trinajstić information content (AvgIpc) is 3.19. The van der Waals surface area contributed by atoms with Crippen molar-refractivity contribution in [3.8, 4) is 11.5 Å². The first-order valence-corrected chi connectivity index (χ1v) is 9.70. The zero-order chi connectivity index (χ0) is 19.6. The van der Waals surface area contributed by atoms with Gasteiger partial charge in [0.2, 0.25) is 5.91 Å². The summed E-state index contributed by atoms with van der Waals surface area (Å²) in [6.45, 7) is 3.52. The molecule has 1 heterocycles. The Morgan fingerprint density at radius 1 is 1.22 bits per heavy atom. The second kappa shape index (κ2) is 10.9. The maximum Gasteiger partial charge on any atom is 0.224 e. The highest BCUT2D eigenvalue weighted by molar-refractivity contribution is 7.80. The lowest BCUT2D eigenvalue weighted by Gasteiger charge is -2.18. The summed E-state index contributed by atoms with van der Waals surface area (Å²) in [6.07, 6.45) is 4.60. The van der Waals surface area contributed by atoms with Crippen LogP contribution < -0.4 is 25.4 Å². The van der Waals surface area contributed by atoms with E-state index in [0.29, 0.717) is 41.0 Å². The Kier molecular flexibility index (Phi) is 8.60. The van der Waals surface area contributed by atoms with Crippen LogP contribution >= 0.6 is 12.2 Å². The van der Waals surface area contributed by atoms with Crippen molar-refractivity contribution in [1.29, 1.82) is 0 Å². The van der Waals surface area contributed by atoms with Crippen molar-refractivity contribution in [2.75, 3.05) is 38.0 Å². The second-order valence-corrected chi connectivity index (χ2v) is 6.78. The van der Waals surface area contributed by atoms with Gasteiger partial charge >= 0.3 is 0 Å². The molecule has 0 radical (unpaired) electrons. The molecule has 1 aliphatic rings. The zero-order valence-electron chi connectivity index (χ0n) is 16.2. The minimum atomic E-state index is -0.0494. The second-order valence-electron chi connectivity index (χ2n) is 6.37. The van der Waals surface area contributed by atoms with E-state index in [1.54, 1.807) is 26.4 Å². The van der Waals surface area contributed by atoms with Gasteiger partial charge in [0, 0.05) is 31.7 Å². The number of unbranched alkanes of at least 4 members (excludes halogenated alkanes) is 1. The number of carbonyl (C=O) groups is 1. The van der Waals surface area contributed by atoms with Crippen LogP contribution in [0.5, 0.6) is 11.5 Å². The number of ether oxygens (including phenoxy) is 3. The molecule has 0 spiro atoms. The molecule has 1 fully saturated rings. The predicted molar refractivity (Wildman–Crippen MR) is 111 cm³/mol. The van der Waals surface area contributed by atoms with Gasteiger partial charge in [-0.05, 0) is 31.5 Å². The highest BCUT2D eigenvalue weighted by Crippen LogP contribution is 2.36. The zero-order valence-corrected chi connectivity index (χ0v) is 17.0. The Morgan fingerprint density at radius 3 is 2.44 bits per heavy atom. The third-order valence-corrected chi connectivity index (χ3v) is 4.56. The van der Waals surface area contributed by atoms with Gasteiger partial charge < -0.3 is 30.2 Å². The van der Waals surface area contributed by atoms with Crippen molar-refractivity contribution in [3.63, 3.8) is 0 Å². The normalized spacial score (nSPS) is 15.9. The summed E-state index contributed by atoms with van der Waals surface area (Å²) < 4.78 is 16.4. The lowest BCUT2D eigenvalue weighted by molar-refractivity contribution is -0.116. The van der Waals surface area contributed by atoms with Crippen molar-refractivity contribution in [3.05, 3.63) is 12.1 Å². The van der Waals surface area contributed by atoms with Crippen molar-refractivity contribution < 1.29 is 19.0 Å². The molecule has 1 saturated heterocycles. The lowest BCUT2D eigenvalue weighted by atomic mass is 10.2. The molecule has 8 heteroatoms. The van der Waals surface area contributed by atoms with E-state index in [-0.39, 0.29) is 12.0 Å². The largest absolute Gasteiger partial charge is 0.494 e. The molecule has 1 atom stereocenters. The molecule has 0 bridgehead atoms. The summed E-state index contributed by atoms with van der Waals surface area (Å²) in [5.41, 5.74) is 1.23. The fourth-order valence-electron chi connectivity index (χ4n) is 2.82. The maximum atomic E-state index is 12.0. The average molecular weight is 396 g/mol. The van der Waals surface area contributed by atoms with E-state index < -0.39 is 0 Å². The standard InChI is InChI=1S/C19H29N3O4S/c1-4-5-8-18(23)21-14-10-17(25-3)15(11-16(14)24-2)22-19(27)20-12-13-7-6-9-26-13/h10-11,13H,4-9,12H2,1-3H3,(H,21,23)(H2,20,22,27)/t13-/m0/s1. The summed E-state index contributed by atoms with van der Waals surface area (Å²) in [5.74, 6) is 1.04. The number of rotatable bonds is 9. The molecule has 1 aromatic carbocycles. The van der Waals surface area contributed by atoms with Crippen molar-refractivity contribution in [2.24, 2.45) is 0 Å². The first-order chi connectivity index (χ1) is 13.1. The molecule has 0 aliphatic carbocycles. The summed E-state index contributed by atoms with van der Waals surface area (Å²) in [4.78, 5) is 12.0. The van der Waals surface area contributed by atoms with Gasteiger partial charge in [0.05, 0.1) is 31.7 Å². The van der Waals surface area contributed by atoms with Gasteiger partial charge in [0.25, 0.3) is 0 Å². The van der Waals surface area contributed by atoms with E-state index in [1.807, 2.05) is 6.92 Å². The van der Waals surface area contributed by atoms with E-state index in [2.05, 4.69) is 16.0 Å². The Labute approximate surface area is 166 Å². The number of anilines is 2. The predicted octanol–water partition coefficient (Wildman–Crippen LogP) is 3.30. The SMILES string of the molecule is CCCCC(=O)Nc1cc(OC)c(NC(=S)NC[C@@H]2CCCO2)cc1OC. The molecule has 0 unspecified atom stereocenters. The number of benzene rings is 1. The number of nitrogens with one attached hydrogen (secondary N) is 3. The van der Waals surface area contributed by atoms with Crippen LogP contribution in [0.2, 0.25) is 0 Å². The summed E-state index contributed by atoms with van der Waals surface area (Å²) >= 11 is 5.36. The van der Waals surface area contributed by atoms with E-state index in [1.165, 1.54) is 0 Å². The molecular formula is C19H29N3O4S. The van der Waals surface area contributed by atoms with Gasteiger partial charge in [0.15, 0.2) is 5.11 Å². The minimum Gasteiger partial charge on any atom is -0.494 e. The first kappa shape index (κ1) is 21.2. The quantitative estimate of drug-likeness (QED) is 0.554.